The number of aryl methyl sites for hydroxylation is 1. The molecule has 0 aliphatic carbocycles. The molecule has 1 atom stereocenters. The lowest BCUT2D eigenvalue weighted by Crippen LogP contribution is -2.22. The minimum atomic E-state index is -0.226. The van der Waals surface area contributed by atoms with Crippen LogP contribution in [0.15, 0.2) is 42.5 Å². The highest BCUT2D eigenvalue weighted by atomic mass is 19.1. The monoisotopic (exact) mass is 272 g/mol. The molecule has 0 aliphatic rings. The number of anilines is 1. The standard InChI is InChI=1S/C17H21FN2/c1-12-7-4-5-8-14(12)11-20(3)17-15(13(2)19)9-6-10-16(17)18/h4-10,13H,11,19H2,1-3H3/t13-/m1/s1. The highest BCUT2D eigenvalue weighted by Gasteiger charge is 2.16. The molecule has 0 saturated carbocycles. The van der Waals surface area contributed by atoms with Gasteiger partial charge in [-0.05, 0) is 36.6 Å². The van der Waals surface area contributed by atoms with Gasteiger partial charge < -0.3 is 10.6 Å². The van der Waals surface area contributed by atoms with E-state index in [1.54, 1.807) is 6.07 Å². The Labute approximate surface area is 120 Å². The van der Waals surface area contributed by atoms with Gasteiger partial charge in [-0.3, -0.25) is 0 Å². The summed E-state index contributed by atoms with van der Waals surface area (Å²) in [5.74, 6) is -0.226. The molecule has 0 heterocycles. The molecule has 0 aromatic heterocycles. The van der Waals surface area contributed by atoms with Crippen molar-refractivity contribution in [2.75, 3.05) is 11.9 Å². The van der Waals surface area contributed by atoms with Crippen molar-refractivity contribution in [1.29, 1.82) is 0 Å². The van der Waals surface area contributed by atoms with Crippen molar-refractivity contribution in [1.82, 2.24) is 0 Å². The fourth-order valence-electron chi connectivity index (χ4n) is 2.42. The fraction of sp³-hybridized carbons (Fsp3) is 0.294. The number of hydrogen-bond donors (Lipinski definition) is 1. The molecular weight excluding hydrogens is 251 g/mol. The second-order valence-electron chi connectivity index (χ2n) is 5.25. The lowest BCUT2D eigenvalue weighted by molar-refractivity contribution is 0.616. The van der Waals surface area contributed by atoms with Gasteiger partial charge in [0.25, 0.3) is 0 Å². The average molecular weight is 272 g/mol. The lowest BCUT2D eigenvalue weighted by Gasteiger charge is -2.25. The molecule has 0 fully saturated rings. The fourth-order valence-corrected chi connectivity index (χ4v) is 2.42. The third-order valence-corrected chi connectivity index (χ3v) is 3.56. The third-order valence-electron chi connectivity index (χ3n) is 3.56. The largest absolute Gasteiger partial charge is 0.368 e. The van der Waals surface area contributed by atoms with Gasteiger partial charge in [-0.25, -0.2) is 4.39 Å². The molecule has 2 nitrogen and oxygen atoms in total. The Kier molecular flexibility index (Phi) is 4.40. The zero-order chi connectivity index (χ0) is 14.7. The Hall–Kier alpha value is -1.87. The van der Waals surface area contributed by atoms with Crippen molar-refractivity contribution < 1.29 is 4.39 Å². The smallest absolute Gasteiger partial charge is 0.146 e. The van der Waals surface area contributed by atoms with Crippen molar-refractivity contribution in [3.63, 3.8) is 0 Å². The predicted molar refractivity (Wildman–Crippen MR) is 82.3 cm³/mol. The highest BCUT2D eigenvalue weighted by Crippen LogP contribution is 2.29. The van der Waals surface area contributed by atoms with E-state index in [0.29, 0.717) is 12.2 Å². The van der Waals surface area contributed by atoms with E-state index in [1.165, 1.54) is 17.2 Å². The van der Waals surface area contributed by atoms with Crippen LogP contribution in [-0.2, 0) is 6.54 Å². The van der Waals surface area contributed by atoms with Crippen molar-refractivity contribution in [2.24, 2.45) is 5.73 Å². The molecular formula is C17H21FN2. The van der Waals surface area contributed by atoms with Gasteiger partial charge in [0.2, 0.25) is 0 Å². The summed E-state index contributed by atoms with van der Waals surface area (Å²) in [4.78, 5) is 1.93. The first kappa shape index (κ1) is 14.5. The highest BCUT2D eigenvalue weighted by molar-refractivity contribution is 5.56. The molecule has 2 N–H and O–H groups in total. The molecule has 2 aromatic carbocycles. The molecule has 20 heavy (non-hydrogen) atoms. The lowest BCUT2D eigenvalue weighted by atomic mass is 10.0. The summed E-state index contributed by atoms with van der Waals surface area (Å²) >= 11 is 0. The number of nitrogens with two attached hydrogens (primary N) is 1. The summed E-state index contributed by atoms with van der Waals surface area (Å²) in [5.41, 5.74) is 9.77. The average Bonchev–Trinajstić information content (AvgIpc) is 2.40. The van der Waals surface area contributed by atoms with Gasteiger partial charge in [0.1, 0.15) is 5.82 Å². The first-order valence-corrected chi connectivity index (χ1v) is 6.80. The minimum Gasteiger partial charge on any atom is -0.368 e. The van der Waals surface area contributed by atoms with Crippen LogP contribution in [0.5, 0.6) is 0 Å². The third kappa shape index (κ3) is 2.99. The SMILES string of the molecule is Cc1ccccc1CN(C)c1c(F)cccc1[C@@H](C)N. The summed E-state index contributed by atoms with van der Waals surface area (Å²) in [7, 11) is 1.90. The quantitative estimate of drug-likeness (QED) is 0.917. The topological polar surface area (TPSA) is 29.3 Å². The van der Waals surface area contributed by atoms with E-state index in [0.717, 1.165) is 5.56 Å². The summed E-state index contributed by atoms with van der Waals surface area (Å²) < 4.78 is 14.2. The zero-order valence-electron chi connectivity index (χ0n) is 12.2. The minimum absolute atomic E-state index is 0.194. The molecule has 0 unspecified atom stereocenters. The maximum absolute atomic E-state index is 14.2. The van der Waals surface area contributed by atoms with Gasteiger partial charge in [-0.15, -0.1) is 0 Å². The second kappa shape index (κ2) is 6.06. The van der Waals surface area contributed by atoms with E-state index < -0.39 is 0 Å². The zero-order valence-corrected chi connectivity index (χ0v) is 12.2. The molecule has 0 amide bonds. The molecule has 0 radical (unpaired) electrons. The molecule has 0 aliphatic heterocycles. The van der Waals surface area contributed by atoms with Crippen molar-refractivity contribution in [3.05, 3.63) is 65.0 Å². The first-order chi connectivity index (χ1) is 9.50. The van der Waals surface area contributed by atoms with Gasteiger partial charge in [0.05, 0.1) is 5.69 Å². The van der Waals surface area contributed by atoms with Crippen LogP contribution < -0.4 is 10.6 Å². The van der Waals surface area contributed by atoms with Crippen molar-refractivity contribution >= 4 is 5.69 Å². The van der Waals surface area contributed by atoms with Gasteiger partial charge >= 0.3 is 0 Å². The van der Waals surface area contributed by atoms with Crippen LogP contribution in [0, 0.1) is 12.7 Å². The van der Waals surface area contributed by atoms with Crippen LogP contribution >= 0.6 is 0 Å². The number of nitrogens with zero attached hydrogens (tertiary/aromatic N) is 1. The summed E-state index contributed by atoms with van der Waals surface area (Å²) in [6.45, 7) is 4.60. The van der Waals surface area contributed by atoms with Crippen LogP contribution in [-0.4, -0.2) is 7.05 Å². The Morgan fingerprint density at radius 3 is 2.50 bits per heavy atom. The summed E-state index contributed by atoms with van der Waals surface area (Å²) in [5, 5.41) is 0. The van der Waals surface area contributed by atoms with E-state index in [2.05, 4.69) is 19.1 Å². The van der Waals surface area contributed by atoms with Crippen molar-refractivity contribution in [2.45, 2.75) is 26.4 Å². The van der Waals surface area contributed by atoms with Crippen LogP contribution in [0.3, 0.4) is 0 Å². The van der Waals surface area contributed by atoms with Gasteiger partial charge in [-0.1, -0.05) is 36.4 Å². The summed E-state index contributed by atoms with van der Waals surface area (Å²) in [6.07, 6.45) is 0. The molecule has 3 heteroatoms. The number of halogens is 1. The second-order valence-corrected chi connectivity index (χ2v) is 5.25. The Bertz CT molecular complexity index is 593. The number of hydrogen-bond acceptors (Lipinski definition) is 2. The summed E-state index contributed by atoms with van der Waals surface area (Å²) in [6, 6.07) is 13.0. The van der Waals surface area contributed by atoms with Gasteiger partial charge in [0, 0.05) is 19.6 Å². The molecule has 106 valence electrons. The van der Waals surface area contributed by atoms with E-state index in [9.17, 15) is 4.39 Å². The molecule has 0 bridgehead atoms. The molecule has 2 aromatic rings. The Balaban J connectivity index is 2.34. The molecule has 2 rings (SSSR count). The molecule has 0 spiro atoms. The van der Waals surface area contributed by atoms with Gasteiger partial charge in [-0.2, -0.15) is 0 Å². The van der Waals surface area contributed by atoms with E-state index in [4.69, 9.17) is 5.73 Å². The van der Waals surface area contributed by atoms with Crippen LogP contribution in [0.4, 0.5) is 10.1 Å². The van der Waals surface area contributed by atoms with Crippen LogP contribution in [0.2, 0.25) is 0 Å². The maximum Gasteiger partial charge on any atom is 0.146 e. The Morgan fingerprint density at radius 1 is 1.15 bits per heavy atom. The normalized spacial score (nSPS) is 12.2. The first-order valence-electron chi connectivity index (χ1n) is 6.80. The van der Waals surface area contributed by atoms with E-state index in [-0.39, 0.29) is 11.9 Å². The number of rotatable bonds is 4. The van der Waals surface area contributed by atoms with E-state index in [1.807, 2.05) is 37.1 Å². The number of benzene rings is 2. The van der Waals surface area contributed by atoms with E-state index >= 15 is 0 Å². The Morgan fingerprint density at radius 2 is 1.85 bits per heavy atom. The predicted octanol–water partition coefficient (Wildman–Crippen LogP) is 3.79. The van der Waals surface area contributed by atoms with Crippen LogP contribution in [0.1, 0.15) is 29.7 Å². The molecule has 0 saturated heterocycles. The van der Waals surface area contributed by atoms with Crippen LogP contribution in [0.25, 0.3) is 0 Å². The maximum atomic E-state index is 14.2. The number of para-hydroxylation sites is 1. The van der Waals surface area contributed by atoms with Gasteiger partial charge in [0.15, 0.2) is 0 Å². The van der Waals surface area contributed by atoms with Crippen molar-refractivity contribution in [3.8, 4) is 0 Å².